The Kier molecular flexibility index (Phi) is 4.83. The lowest BCUT2D eigenvalue weighted by atomic mass is 10.0. The molecule has 2 heterocycles. The van der Waals surface area contributed by atoms with E-state index in [1.807, 2.05) is 31.2 Å². The molecule has 4 rings (SSSR count). The predicted octanol–water partition coefficient (Wildman–Crippen LogP) is 3.80. The van der Waals surface area contributed by atoms with Crippen LogP contribution in [0, 0.1) is 6.92 Å². The number of aryl methyl sites for hydroxylation is 2. The minimum atomic E-state index is -0.189. The zero-order valence-electron chi connectivity index (χ0n) is 15.4. The van der Waals surface area contributed by atoms with Crippen LogP contribution in [0.25, 0.3) is 0 Å². The Hall–Kier alpha value is -3.21. The van der Waals surface area contributed by atoms with Crippen molar-refractivity contribution in [1.82, 2.24) is 15.3 Å². The molecule has 0 saturated heterocycles. The topological polar surface area (TPSA) is 58.1 Å². The number of anilines is 2. The molecule has 1 aromatic heterocycles. The van der Waals surface area contributed by atoms with E-state index < -0.39 is 0 Å². The minimum Gasteiger partial charge on any atom is -0.347 e. The highest BCUT2D eigenvalue weighted by molar-refractivity contribution is 5.92. The SMILES string of the molecule is Cc1cccc(CNC(=O)c2ccnc(N3CCCc4ccccc43)n2)c1. The maximum absolute atomic E-state index is 12.6. The molecule has 0 saturated carbocycles. The Labute approximate surface area is 159 Å². The van der Waals surface area contributed by atoms with E-state index in [0.717, 1.165) is 30.6 Å². The maximum atomic E-state index is 12.6. The normalized spacial score (nSPS) is 13.1. The predicted molar refractivity (Wildman–Crippen MR) is 106 cm³/mol. The van der Waals surface area contributed by atoms with E-state index in [4.69, 9.17) is 0 Å². The van der Waals surface area contributed by atoms with Crippen LogP contribution < -0.4 is 10.2 Å². The van der Waals surface area contributed by atoms with Crippen molar-refractivity contribution in [2.75, 3.05) is 11.4 Å². The van der Waals surface area contributed by atoms with Gasteiger partial charge in [0.25, 0.3) is 5.91 Å². The largest absolute Gasteiger partial charge is 0.347 e. The number of carbonyl (C=O) groups is 1. The lowest BCUT2D eigenvalue weighted by Gasteiger charge is -2.29. The fraction of sp³-hybridized carbons (Fsp3) is 0.227. The van der Waals surface area contributed by atoms with Crippen LogP contribution in [0.2, 0.25) is 0 Å². The second kappa shape index (κ2) is 7.58. The van der Waals surface area contributed by atoms with Crippen molar-refractivity contribution in [3.63, 3.8) is 0 Å². The molecule has 27 heavy (non-hydrogen) atoms. The van der Waals surface area contributed by atoms with Crippen molar-refractivity contribution >= 4 is 17.5 Å². The lowest BCUT2D eigenvalue weighted by molar-refractivity contribution is 0.0946. The molecule has 0 radical (unpaired) electrons. The quantitative estimate of drug-likeness (QED) is 0.771. The van der Waals surface area contributed by atoms with Crippen molar-refractivity contribution in [2.45, 2.75) is 26.3 Å². The highest BCUT2D eigenvalue weighted by Crippen LogP contribution is 2.31. The smallest absolute Gasteiger partial charge is 0.270 e. The third-order valence-electron chi connectivity index (χ3n) is 4.76. The van der Waals surface area contributed by atoms with E-state index >= 15 is 0 Å². The number of carbonyl (C=O) groups excluding carboxylic acids is 1. The summed E-state index contributed by atoms with van der Waals surface area (Å²) < 4.78 is 0. The molecule has 3 aromatic rings. The number of amides is 1. The van der Waals surface area contributed by atoms with Gasteiger partial charge < -0.3 is 10.2 Å². The number of para-hydroxylation sites is 1. The minimum absolute atomic E-state index is 0.189. The van der Waals surface area contributed by atoms with Gasteiger partial charge in [-0.1, -0.05) is 48.0 Å². The molecule has 0 atom stereocenters. The van der Waals surface area contributed by atoms with Crippen LogP contribution in [-0.4, -0.2) is 22.4 Å². The second-order valence-corrected chi connectivity index (χ2v) is 6.80. The summed E-state index contributed by atoms with van der Waals surface area (Å²) in [5, 5.41) is 2.94. The molecular formula is C22H22N4O. The number of nitrogens with one attached hydrogen (secondary N) is 1. The molecule has 1 aliphatic heterocycles. The monoisotopic (exact) mass is 358 g/mol. The van der Waals surface area contributed by atoms with Crippen LogP contribution in [0.5, 0.6) is 0 Å². The molecule has 0 bridgehead atoms. The first-order chi connectivity index (χ1) is 13.2. The van der Waals surface area contributed by atoms with Gasteiger partial charge in [-0.05, 0) is 43.0 Å². The number of nitrogens with zero attached hydrogens (tertiary/aromatic N) is 3. The molecule has 136 valence electrons. The standard InChI is InChI=1S/C22H22N4O/c1-16-6-4-7-17(14-16)15-24-21(27)19-11-12-23-22(25-19)26-13-5-9-18-8-2-3-10-20(18)26/h2-4,6-8,10-12,14H,5,9,13,15H2,1H3,(H,24,27). The fourth-order valence-corrected chi connectivity index (χ4v) is 3.44. The Bertz CT molecular complexity index is 970. The first kappa shape index (κ1) is 17.2. The highest BCUT2D eigenvalue weighted by atomic mass is 16.1. The highest BCUT2D eigenvalue weighted by Gasteiger charge is 2.20. The Morgan fingerprint density at radius 3 is 2.93 bits per heavy atom. The molecular weight excluding hydrogens is 336 g/mol. The van der Waals surface area contributed by atoms with E-state index in [1.54, 1.807) is 12.3 Å². The number of hydrogen-bond acceptors (Lipinski definition) is 4. The summed E-state index contributed by atoms with van der Waals surface area (Å²) in [6.45, 7) is 3.37. The number of hydrogen-bond donors (Lipinski definition) is 1. The van der Waals surface area contributed by atoms with Gasteiger partial charge in [0, 0.05) is 25.0 Å². The van der Waals surface area contributed by atoms with E-state index in [9.17, 15) is 4.79 Å². The molecule has 2 aromatic carbocycles. The van der Waals surface area contributed by atoms with E-state index in [2.05, 4.69) is 44.5 Å². The summed E-state index contributed by atoms with van der Waals surface area (Å²) >= 11 is 0. The van der Waals surface area contributed by atoms with Crippen molar-refractivity contribution in [2.24, 2.45) is 0 Å². The van der Waals surface area contributed by atoms with Gasteiger partial charge in [-0.15, -0.1) is 0 Å². The fourth-order valence-electron chi connectivity index (χ4n) is 3.44. The molecule has 0 unspecified atom stereocenters. The van der Waals surface area contributed by atoms with Gasteiger partial charge in [0.1, 0.15) is 5.69 Å². The molecule has 1 amide bonds. The Balaban J connectivity index is 1.52. The molecule has 0 aliphatic carbocycles. The van der Waals surface area contributed by atoms with Crippen molar-refractivity contribution < 1.29 is 4.79 Å². The van der Waals surface area contributed by atoms with Crippen LogP contribution in [0.15, 0.2) is 60.8 Å². The summed E-state index contributed by atoms with van der Waals surface area (Å²) in [6.07, 6.45) is 3.76. The van der Waals surface area contributed by atoms with Crippen molar-refractivity contribution in [3.8, 4) is 0 Å². The third kappa shape index (κ3) is 3.82. The van der Waals surface area contributed by atoms with Crippen molar-refractivity contribution in [1.29, 1.82) is 0 Å². The van der Waals surface area contributed by atoms with Crippen LogP contribution in [0.4, 0.5) is 11.6 Å². The first-order valence-corrected chi connectivity index (χ1v) is 9.23. The number of rotatable bonds is 4. The summed E-state index contributed by atoms with van der Waals surface area (Å²) in [6, 6.07) is 18.1. The van der Waals surface area contributed by atoms with Gasteiger partial charge in [0.2, 0.25) is 5.95 Å². The van der Waals surface area contributed by atoms with Crippen LogP contribution >= 0.6 is 0 Å². The van der Waals surface area contributed by atoms with Crippen LogP contribution in [0.3, 0.4) is 0 Å². The summed E-state index contributed by atoms with van der Waals surface area (Å²) in [4.78, 5) is 23.6. The molecule has 1 N–H and O–H groups in total. The Morgan fingerprint density at radius 2 is 2.04 bits per heavy atom. The van der Waals surface area contributed by atoms with Crippen LogP contribution in [0.1, 0.15) is 33.6 Å². The van der Waals surface area contributed by atoms with Crippen LogP contribution in [-0.2, 0) is 13.0 Å². The molecule has 5 heteroatoms. The average molecular weight is 358 g/mol. The summed E-state index contributed by atoms with van der Waals surface area (Å²) in [5.74, 6) is 0.385. The van der Waals surface area contributed by atoms with E-state index in [1.165, 1.54) is 11.1 Å². The lowest BCUT2D eigenvalue weighted by Crippen LogP contribution is -2.28. The van der Waals surface area contributed by atoms with Gasteiger partial charge in [0.05, 0.1) is 0 Å². The maximum Gasteiger partial charge on any atom is 0.270 e. The molecule has 5 nitrogen and oxygen atoms in total. The summed E-state index contributed by atoms with van der Waals surface area (Å²) in [5.41, 5.74) is 5.05. The van der Waals surface area contributed by atoms with Gasteiger partial charge in [-0.3, -0.25) is 4.79 Å². The van der Waals surface area contributed by atoms with E-state index in [0.29, 0.717) is 18.2 Å². The molecule has 0 fully saturated rings. The van der Waals surface area contributed by atoms with E-state index in [-0.39, 0.29) is 5.91 Å². The summed E-state index contributed by atoms with van der Waals surface area (Å²) in [7, 11) is 0. The first-order valence-electron chi connectivity index (χ1n) is 9.23. The second-order valence-electron chi connectivity index (χ2n) is 6.80. The third-order valence-corrected chi connectivity index (χ3v) is 4.76. The molecule has 0 spiro atoms. The average Bonchev–Trinajstić information content (AvgIpc) is 2.72. The van der Waals surface area contributed by atoms with Gasteiger partial charge >= 0.3 is 0 Å². The Morgan fingerprint density at radius 1 is 1.15 bits per heavy atom. The zero-order valence-corrected chi connectivity index (χ0v) is 15.4. The number of benzene rings is 2. The van der Waals surface area contributed by atoms with Crippen molar-refractivity contribution in [3.05, 3.63) is 83.2 Å². The zero-order chi connectivity index (χ0) is 18.6. The molecule has 1 aliphatic rings. The van der Waals surface area contributed by atoms with Gasteiger partial charge in [-0.25, -0.2) is 9.97 Å². The van der Waals surface area contributed by atoms with Gasteiger partial charge in [-0.2, -0.15) is 0 Å². The van der Waals surface area contributed by atoms with Gasteiger partial charge in [0.15, 0.2) is 0 Å². The number of fused-ring (bicyclic) bond motifs is 1. The number of aromatic nitrogens is 2.